The molecule has 1 atom stereocenters. The number of hydrogen-bond donors (Lipinski definition) is 2. The number of nitrogens with one attached hydrogen (secondary N) is 1. The van der Waals surface area contributed by atoms with Crippen LogP contribution in [-0.4, -0.2) is 28.4 Å². The van der Waals surface area contributed by atoms with Crippen molar-refractivity contribution in [1.82, 2.24) is 0 Å². The second-order valence-corrected chi connectivity index (χ2v) is 6.99. The summed E-state index contributed by atoms with van der Waals surface area (Å²) in [6.07, 6.45) is 0.0194. The minimum Gasteiger partial charge on any atom is -0.502 e. The maximum atomic E-state index is 12.9. The first-order valence-electron chi connectivity index (χ1n) is 9.98. The third-order valence-corrected chi connectivity index (χ3v) is 4.82. The molecule has 32 heavy (non-hydrogen) atoms. The summed E-state index contributed by atoms with van der Waals surface area (Å²) in [5.41, 5.74) is 1.57. The summed E-state index contributed by atoms with van der Waals surface area (Å²) in [5, 5.41) is 24.0. The predicted octanol–water partition coefficient (Wildman–Crippen LogP) is 4.90. The number of aromatic hydroxyl groups is 1. The van der Waals surface area contributed by atoms with Gasteiger partial charge < -0.3 is 15.2 Å². The zero-order chi connectivity index (χ0) is 23.1. The van der Waals surface area contributed by atoms with Crippen molar-refractivity contribution >= 4 is 23.1 Å². The van der Waals surface area contributed by atoms with E-state index in [0.29, 0.717) is 11.3 Å². The van der Waals surface area contributed by atoms with Gasteiger partial charge in [-0.1, -0.05) is 30.3 Å². The topological polar surface area (TPSA) is 119 Å². The van der Waals surface area contributed by atoms with Crippen LogP contribution in [0.1, 0.15) is 45.7 Å². The first-order valence-corrected chi connectivity index (χ1v) is 9.98. The van der Waals surface area contributed by atoms with Crippen LogP contribution in [0.2, 0.25) is 0 Å². The van der Waals surface area contributed by atoms with Crippen LogP contribution in [0.15, 0.2) is 72.8 Å². The van der Waals surface area contributed by atoms with Gasteiger partial charge in [0.05, 0.1) is 23.1 Å². The average Bonchev–Trinajstić information content (AvgIpc) is 2.80. The Kier molecular flexibility index (Phi) is 7.17. The van der Waals surface area contributed by atoms with E-state index in [4.69, 9.17) is 4.74 Å². The van der Waals surface area contributed by atoms with E-state index in [-0.39, 0.29) is 24.4 Å². The summed E-state index contributed by atoms with van der Waals surface area (Å²) in [6.45, 7) is 2.02. The zero-order valence-corrected chi connectivity index (χ0v) is 17.4. The molecular formula is C24H22N2O6. The van der Waals surface area contributed by atoms with E-state index in [1.54, 1.807) is 31.2 Å². The van der Waals surface area contributed by atoms with Gasteiger partial charge >= 0.3 is 11.7 Å². The lowest BCUT2D eigenvalue weighted by Crippen LogP contribution is -2.16. The van der Waals surface area contributed by atoms with E-state index >= 15 is 0 Å². The second kappa shape index (κ2) is 10.2. The van der Waals surface area contributed by atoms with Crippen LogP contribution in [0.4, 0.5) is 11.4 Å². The Morgan fingerprint density at radius 2 is 1.69 bits per heavy atom. The van der Waals surface area contributed by atoms with Crippen LogP contribution in [-0.2, 0) is 4.74 Å². The maximum absolute atomic E-state index is 12.9. The Morgan fingerprint density at radius 1 is 1.03 bits per heavy atom. The Balaban J connectivity index is 1.83. The molecule has 0 aliphatic rings. The second-order valence-electron chi connectivity index (χ2n) is 6.99. The van der Waals surface area contributed by atoms with Crippen LogP contribution >= 0.6 is 0 Å². The minimum atomic E-state index is -0.732. The molecule has 0 spiro atoms. The van der Waals surface area contributed by atoms with Crippen molar-refractivity contribution in [3.63, 3.8) is 0 Å². The van der Waals surface area contributed by atoms with Crippen LogP contribution in [0.25, 0.3) is 0 Å². The van der Waals surface area contributed by atoms with Crippen molar-refractivity contribution in [2.45, 2.75) is 19.4 Å². The number of ether oxygens (including phenoxy) is 1. The number of Topliss-reactive ketones (excluding diaryl/α,β-unsaturated/α-hetero) is 1. The van der Waals surface area contributed by atoms with E-state index < -0.39 is 28.4 Å². The van der Waals surface area contributed by atoms with E-state index in [0.717, 1.165) is 17.7 Å². The van der Waals surface area contributed by atoms with Gasteiger partial charge in [-0.3, -0.25) is 14.9 Å². The quantitative estimate of drug-likeness (QED) is 0.213. The van der Waals surface area contributed by atoms with Crippen LogP contribution in [0.3, 0.4) is 0 Å². The van der Waals surface area contributed by atoms with Gasteiger partial charge in [0.2, 0.25) is 0 Å². The first kappa shape index (κ1) is 22.5. The monoisotopic (exact) mass is 434 g/mol. The van der Waals surface area contributed by atoms with Crippen LogP contribution in [0, 0.1) is 10.1 Å². The fraction of sp³-hybridized carbons (Fsp3) is 0.167. The lowest BCUT2D eigenvalue weighted by Gasteiger charge is -2.20. The molecule has 0 radical (unpaired) electrons. The van der Waals surface area contributed by atoms with Crippen LogP contribution in [0.5, 0.6) is 5.75 Å². The lowest BCUT2D eigenvalue weighted by atomic mass is 9.97. The van der Waals surface area contributed by atoms with Crippen molar-refractivity contribution in [1.29, 1.82) is 0 Å². The van der Waals surface area contributed by atoms with Gasteiger partial charge in [0.1, 0.15) is 0 Å². The highest BCUT2D eigenvalue weighted by molar-refractivity contribution is 5.97. The van der Waals surface area contributed by atoms with Gasteiger partial charge in [0.15, 0.2) is 11.5 Å². The molecule has 0 bridgehead atoms. The standard InChI is InChI=1S/C24H22N2O6/c1-2-32-24(29)17-8-11-19(12-9-17)25-20(16-6-4-3-5-7-16)15-23(28)18-10-13-22(27)21(14-18)26(30)31/h3-14,20,25,27H,2,15H2,1H3. The fourth-order valence-electron chi connectivity index (χ4n) is 3.20. The summed E-state index contributed by atoms with van der Waals surface area (Å²) in [6, 6.07) is 19.2. The number of carbonyl (C=O) groups excluding carboxylic acids is 2. The van der Waals surface area contributed by atoms with Gasteiger partial charge in [-0.15, -0.1) is 0 Å². The molecule has 1 unspecified atom stereocenters. The van der Waals surface area contributed by atoms with E-state index in [1.807, 2.05) is 30.3 Å². The number of phenols is 1. The molecule has 3 aromatic carbocycles. The van der Waals surface area contributed by atoms with Gasteiger partial charge in [0, 0.05) is 23.7 Å². The summed E-state index contributed by atoms with van der Waals surface area (Å²) < 4.78 is 4.98. The van der Waals surface area contributed by atoms with E-state index in [2.05, 4.69) is 5.32 Å². The number of anilines is 1. The molecule has 0 aliphatic heterocycles. The first-order chi connectivity index (χ1) is 15.4. The number of nitro benzene ring substituents is 1. The molecule has 0 aromatic heterocycles. The number of nitrogens with zero attached hydrogens (tertiary/aromatic N) is 1. The van der Waals surface area contributed by atoms with Gasteiger partial charge in [0.25, 0.3) is 0 Å². The summed E-state index contributed by atoms with van der Waals surface area (Å²) in [4.78, 5) is 35.1. The van der Waals surface area contributed by atoms with Gasteiger partial charge in [-0.25, -0.2) is 4.79 Å². The van der Waals surface area contributed by atoms with Crippen molar-refractivity contribution in [3.05, 3.63) is 99.6 Å². The van der Waals surface area contributed by atoms with E-state index in [1.165, 1.54) is 6.07 Å². The minimum absolute atomic E-state index is 0.0194. The average molecular weight is 434 g/mol. The third-order valence-electron chi connectivity index (χ3n) is 4.82. The highest BCUT2D eigenvalue weighted by Gasteiger charge is 2.21. The fourth-order valence-corrected chi connectivity index (χ4v) is 3.20. The smallest absolute Gasteiger partial charge is 0.338 e. The molecule has 3 aromatic rings. The molecule has 8 heteroatoms. The Morgan fingerprint density at radius 3 is 2.31 bits per heavy atom. The summed E-state index contributed by atoms with van der Waals surface area (Å²) in [7, 11) is 0. The Bertz CT molecular complexity index is 1110. The normalized spacial score (nSPS) is 11.4. The predicted molar refractivity (Wildman–Crippen MR) is 119 cm³/mol. The lowest BCUT2D eigenvalue weighted by molar-refractivity contribution is -0.385. The van der Waals surface area contributed by atoms with Gasteiger partial charge in [-0.05, 0) is 48.9 Å². The molecule has 3 rings (SSSR count). The Hall–Kier alpha value is -4.20. The van der Waals surface area contributed by atoms with Crippen molar-refractivity contribution < 1.29 is 24.4 Å². The summed E-state index contributed by atoms with van der Waals surface area (Å²) >= 11 is 0. The molecule has 2 N–H and O–H groups in total. The number of nitro groups is 1. The molecule has 0 amide bonds. The Labute approximate surface area is 184 Å². The summed E-state index contributed by atoms with van der Waals surface area (Å²) in [5.74, 6) is -1.23. The number of carbonyl (C=O) groups is 2. The van der Waals surface area contributed by atoms with Gasteiger partial charge in [-0.2, -0.15) is 0 Å². The highest BCUT2D eigenvalue weighted by atomic mass is 16.6. The van der Waals surface area contributed by atoms with Crippen molar-refractivity contribution in [2.24, 2.45) is 0 Å². The largest absolute Gasteiger partial charge is 0.502 e. The SMILES string of the molecule is CCOC(=O)c1ccc(NC(CC(=O)c2ccc(O)c([N+](=O)[O-])c2)c2ccccc2)cc1. The molecule has 0 fully saturated rings. The molecule has 8 nitrogen and oxygen atoms in total. The number of phenolic OH excluding ortho intramolecular Hbond substituents is 1. The van der Waals surface area contributed by atoms with Crippen LogP contribution < -0.4 is 5.32 Å². The van der Waals surface area contributed by atoms with E-state index in [9.17, 15) is 24.8 Å². The molecular weight excluding hydrogens is 412 g/mol. The number of rotatable bonds is 9. The number of ketones is 1. The molecule has 0 saturated carbocycles. The number of esters is 1. The molecule has 0 heterocycles. The third kappa shape index (κ3) is 5.48. The maximum Gasteiger partial charge on any atom is 0.338 e. The zero-order valence-electron chi connectivity index (χ0n) is 17.4. The number of hydrogen-bond acceptors (Lipinski definition) is 7. The van der Waals surface area contributed by atoms with Crippen molar-refractivity contribution in [2.75, 3.05) is 11.9 Å². The van der Waals surface area contributed by atoms with Crippen molar-refractivity contribution in [3.8, 4) is 5.75 Å². The number of benzene rings is 3. The molecule has 164 valence electrons. The molecule has 0 saturated heterocycles. The highest BCUT2D eigenvalue weighted by Crippen LogP contribution is 2.29. The molecule has 0 aliphatic carbocycles.